The molecule has 0 saturated carbocycles. The molecule has 0 heterocycles. The number of hydrogen-bond donors (Lipinski definition) is 1. The zero-order valence-electron chi connectivity index (χ0n) is 15.1. The first-order valence-electron chi connectivity index (χ1n) is 7.80. The maximum Gasteiger partial charge on any atom is 0.460 e. The first-order chi connectivity index (χ1) is 14.1. The van der Waals surface area contributed by atoms with Crippen molar-refractivity contribution < 1.29 is 85.2 Å². The molecule has 0 bridgehead atoms. The smallest absolute Gasteiger partial charge is 0.394 e. The quantitative estimate of drug-likeness (QED) is 0.275. The van der Waals surface area contributed by atoms with Gasteiger partial charge in [0.1, 0.15) is 0 Å². The third-order valence-electron chi connectivity index (χ3n) is 3.42. The lowest BCUT2D eigenvalue weighted by atomic mass is 9.93. The third-order valence-corrected chi connectivity index (χ3v) is 3.42. The van der Waals surface area contributed by atoms with Crippen molar-refractivity contribution in [1.29, 1.82) is 0 Å². The lowest BCUT2D eigenvalue weighted by molar-refractivity contribution is -0.472. The summed E-state index contributed by atoms with van der Waals surface area (Å²) in [5, 5.41) is 8.33. The van der Waals surface area contributed by atoms with Gasteiger partial charge in [0.25, 0.3) is 0 Å². The fraction of sp³-hybridized carbons (Fsp3) is 1.00. The van der Waals surface area contributed by atoms with Gasteiger partial charge in [-0.2, -0.15) is 65.9 Å². The van der Waals surface area contributed by atoms with Crippen LogP contribution in [0.3, 0.4) is 0 Å². The average molecular weight is 518 g/mol. The van der Waals surface area contributed by atoms with Crippen molar-refractivity contribution in [3.63, 3.8) is 0 Å². The van der Waals surface area contributed by atoms with Crippen molar-refractivity contribution in [2.75, 3.05) is 39.6 Å². The highest BCUT2D eigenvalue weighted by molar-refractivity contribution is 5.11. The Bertz CT molecular complexity index is 590. The molecule has 0 saturated heterocycles. The third kappa shape index (κ3) is 5.46. The molecule has 0 aromatic rings. The lowest BCUT2D eigenvalue weighted by Gasteiger charge is -2.41. The fourth-order valence-corrected chi connectivity index (χ4v) is 1.66. The molecular weight excluding hydrogens is 505 g/mol. The summed E-state index contributed by atoms with van der Waals surface area (Å²) >= 11 is 0. The molecule has 1 N–H and O–H groups in total. The minimum absolute atomic E-state index is 0.203. The molecule has 0 spiro atoms. The number of halogens is 15. The average Bonchev–Trinajstić information content (AvgIpc) is 2.62. The summed E-state index contributed by atoms with van der Waals surface area (Å²) in [7, 11) is 0. The van der Waals surface area contributed by atoms with Crippen LogP contribution in [0, 0.1) is 0 Å². The molecule has 0 atom stereocenters. The molecule has 0 aliphatic heterocycles. The van der Waals surface area contributed by atoms with Crippen LogP contribution in [0.15, 0.2) is 0 Å². The van der Waals surface area contributed by atoms with E-state index in [0.29, 0.717) is 0 Å². The maximum absolute atomic E-state index is 13.4. The van der Waals surface area contributed by atoms with Gasteiger partial charge in [-0.05, 0) is 0 Å². The Morgan fingerprint density at radius 3 is 1.19 bits per heavy atom. The largest absolute Gasteiger partial charge is 0.460 e. The maximum atomic E-state index is 13.4. The molecule has 4 nitrogen and oxygen atoms in total. The van der Waals surface area contributed by atoms with Crippen LogP contribution in [0.1, 0.15) is 0 Å². The van der Waals surface area contributed by atoms with Gasteiger partial charge < -0.3 is 19.3 Å². The number of ether oxygens (including phenoxy) is 3. The molecule has 0 aliphatic carbocycles. The van der Waals surface area contributed by atoms with Gasteiger partial charge in [-0.15, -0.1) is 0 Å². The zero-order chi connectivity index (χ0) is 25.9. The molecule has 194 valence electrons. The van der Waals surface area contributed by atoms with Gasteiger partial charge in [-0.1, -0.05) is 0 Å². The van der Waals surface area contributed by atoms with E-state index in [2.05, 4.69) is 14.2 Å². The van der Waals surface area contributed by atoms with Crippen LogP contribution in [0.25, 0.3) is 0 Å². The van der Waals surface area contributed by atoms with Crippen LogP contribution in [0.2, 0.25) is 0 Å². The zero-order valence-corrected chi connectivity index (χ0v) is 15.1. The van der Waals surface area contributed by atoms with Gasteiger partial charge in [0.15, 0.2) is 0 Å². The Kier molecular flexibility index (Phi) is 9.58. The van der Waals surface area contributed by atoms with Gasteiger partial charge >= 0.3 is 41.9 Å². The van der Waals surface area contributed by atoms with E-state index in [1.807, 2.05) is 0 Å². The normalized spacial score (nSPS) is 15.4. The second-order valence-corrected chi connectivity index (χ2v) is 5.68. The second-order valence-electron chi connectivity index (χ2n) is 5.68. The number of hydrogen-bond acceptors (Lipinski definition) is 4. The van der Waals surface area contributed by atoms with E-state index in [-0.39, 0.29) is 13.2 Å². The molecule has 0 aromatic heterocycles. The summed E-state index contributed by atoms with van der Waals surface area (Å²) in [6.45, 7) is -4.32. The highest BCUT2D eigenvalue weighted by atomic mass is 19.4. The minimum Gasteiger partial charge on any atom is -0.394 e. The van der Waals surface area contributed by atoms with Gasteiger partial charge in [0, 0.05) is 0 Å². The predicted octanol–water partition coefficient (Wildman–Crippen LogP) is 4.36. The summed E-state index contributed by atoms with van der Waals surface area (Å²) in [5.74, 6) is -40.6. The molecule has 19 heteroatoms. The molecule has 0 amide bonds. The van der Waals surface area contributed by atoms with Crippen LogP contribution in [-0.4, -0.2) is 86.6 Å². The van der Waals surface area contributed by atoms with E-state index in [4.69, 9.17) is 5.11 Å². The number of aliphatic hydroxyl groups excluding tert-OH is 1. The summed E-state index contributed by atoms with van der Waals surface area (Å²) in [5.41, 5.74) is 0. The van der Waals surface area contributed by atoms with Gasteiger partial charge in [-0.25, -0.2) is 0 Å². The molecule has 0 aromatic carbocycles. The van der Waals surface area contributed by atoms with E-state index < -0.39 is 68.3 Å². The number of rotatable bonds is 14. The monoisotopic (exact) mass is 518 g/mol. The second kappa shape index (κ2) is 9.96. The molecular formula is C13H13F15O4. The van der Waals surface area contributed by atoms with Crippen molar-refractivity contribution in [2.24, 2.45) is 0 Å². The summed E-state index contributed by atoms with van der Waals surface area (Å²) in [6.07, 6.45) is -14.4. The standard InChI is InChI=1S/C13H13F15O4/c14-7(15,8(16,17)10(20,21)12(24,25)26)9(18,19)11(22,23)13(27,28)32-6-5-31-4-3-30-2-1-29/h29H,1-6H2. The highest BCUT2D eigenvalue weighted by Crippen LogP contribution is 2.62. The van der Waals surface area contributed by atoms with Crippen molar-refractivity contribution in [1.82, 2.24) is 0 Å². The molecule has 0 radical (unpaired) electrons. The Hall–Kier alpha value is -1.21. The Morgan fingerprint density at radius 2 is 0.781 bits per heavy atom. The predicted molar refractivity (Wildman–Crippen MR) is 70.4 cm³/mol. The fourth-order valence-electron chi connectivity index (χ4n) is 1.66. The first-order valence-corrected chi connectivity index (χ1v) is 7.80. The minimum atomic E-state index is -8.35. The molecule has 0 rings (SSSR count). The van der Waals surface area contributed by atoms with Gasteiger partial charge in [0.2, 0.25) is 0 Å². The van der Waals surface area contributed by atoms with Crippen molar-refractivity contribution >= 4 is 0 Å². The summed E-state index contributed by atoms with van der Waals surface area (Å²) in [6, 6.07) is 0. The summed E-state index contributed by atoms with van der Waals surface area (Å²) in [4.78, 5) is 0. The topological polar surface area (TPSA) is 47.9 Å². The lowest BCUT2D eigenvalue weighted by Crippen LogP contribution is -2.72. The van der Waals surface area contributed by atoms with Crippen LogP contribution in [0.5, 0.6) is 0 Å². The SMILES string of the molecule is OCCOCCOCCOC(F)(F)C(F)(F)C(F)(F)C(F)(F)C(F)(F)C(F)(F)C(F)(F)F. The Labute approximate surface area is 168 Å². The molecule has 0 aliphatic rings. The van der Waals surface area contributed by atoms with E-state index in [0.717, 1.165) is 0 Å². The van der Waals surface area contributed by atoms with Crippen molar-refractivity contribution in [3.05, 3.63) is 0 Å². The summed E-state index contributed by atoms with van der Waals surface area (Å²) < 4.78 is 205. The van der Waals surface area contributed by atoms with E-state index in [9.17, 15) is 65.9 Å². The van der Waals surface area contributed by atoms with Crippen LogP contribution >= 0.6 is 0 Å². The van der Waals surface area contributed by atoms with E-state index in [1.165, 1.54) is 0 Å². The number of alkyl halides is 15. The Balaban J connectivity index is 5.55. The van der Waals surface area contributed by atoms with Crippen molar-refractivity contribution in [3.8, 4) is 0 Å². The molecule has 0 fully saturated rings. The van der Waals surface area contributed by atoms with Crippen LogP contribution in [0.4, 0.5) is 65.9 Å². The van der Waals surface area contributed by atoms with E-state index >= 15 is 0 Å². The Morgan fingerprint density at radius 1 is 0.438 bits per heavy atom. The van der Waals surface area contributed by atoms with Crippen LogP contribution < -0.4 is 0 Å². The highest BCUT2D eigenvalue weighted by Gasteiger charge is 2.93. The molecule has 32 heavy (non-hydrogen) atoms. The molecule has 0 unspecified atom stereocenters. The number of aliphatic hydroxyl groups is 1. The van der Waals surface area contributed by atoms with Gasteiger partial charge in [-0.3, -0.25) is 0 Å². The van der Waals surface area contributed by atoms with E-state index in [1.54, 1.807) is 0 Å². The van der Waals surface area contributed by atoms with Gasteiger partial charge in [0.05, 0.1) is 39.6 Å². The van der Waals surface area contributed by atoms with Crippen LogP contribution in [-0.2, 0) is 14.2 Å². The van der Waals surface area contributed by atoms with Crippen molar-refractivity contribution in [2.45, 2.75) is 41.9 Å². The first kappa shape index (κ1) is 30.8.